The smallest absolute Gasteiger partial charge is 0.279 e. The Morgan fingerprint density at radius 1 is 1.22 bits per heavy atom. The quantitative estimate of drug-likeness (QED) is 0.849. The van der Waals surface area contributed by atoms with Crippen molar-refractivity contribution in [3.05, 3.63) is 18.0 Å². The molecule has 0 spiro atoms. The third-order valence-corrected chi connectivity index (χ3v) is 6.21. The van der Waals surface area contributed by atoms with Crippen LogP contribution in [0, 0.1) is 0 Å². The van der Waals surface area contributed by atoms with Crippen LogP contribution >= 0.6 is 0 Å². The van der Waals surface area contributed by atoms with Crippen molar-refractivity contribution in [2.45, 2.75) is 31.7 Å². The summed E-state index contributed by atoms with van der Waals surface area (Å²) in [4.78, 5) is 14.2. The summed E-state index contributed by atoms with van der Waals surface area (Å²) in [5.74, 6) is -0.122. The van der Waals surface area contributed by atoms with Gasteiger partial charge in [-0.2, -0.15) is 17.8 Å². The Bertz CT molecular complexity index is 658. The lowest BCUT2D eigenvalue weighted by atomic mass is 10.3. The van der Waals surface area contributed by atoms with Gasteiger partial charge in [0.25, 0.3) is 16.1 Å². The number of rotatable bonds is 4. The van der Waals surface area contributed by atoms with Crippen LogP contribution in [0.3, 0.4) is 0 Å². The van der Waals surface area contributed by atoms with Crippen molar-refractivity contribution in [3.63, 3.8) is 0 Å². The summed E-state index contributed by atoms with van der Waals surface area (Å²) < 4.78 is 29.1. The second-order valence-electron chi connectivity index (χ2n) is 6.02. The molecule has 1 N–H and O–H groups in total. The number of nitrogens with one attached hydrogen (secondary N) is 1. The topological polar surface area (TPSA) is 87.5 Å². The van der Waals surface area contributed by atoms with E-state index in [1.807, 2.05) is 10.9 Å². The molecular weight excluding hydrogens is 318 g/mol. The van der Waals surface area contributed by atoms with Crippen molar-refractivity contribution >= 4 is 16.1 Å². The fourth-order valence-electron chi connectivity index (χ4n) is 3.25. The van der Waals surface area contributed by atoms with Gasteiger partial charge in [0.15, 0.2) is 0 Å². The summed E-state index contributed by atoms with van der Waals surface area (Å²) in [6.45, 7) is 1.38. The molecule has 23 heavy (non-hydrogen) atoms. The van der Waals surface area contributed by atoms with Crippen molar-refractivity contribution in [1.82, 2.24) is 23.7 Å². The average molecular weight is 341 g/mol. The number of piperazine rings is 1. The van der Waals surface area contributed by atoms with E-state index in [2.05, 4.69) is 9.82 Å². The summed E-state index contributed by atoms with van der Waals surface area (Å²) in [5.41, 5.74) is 0.446. The van der Waals surface area contributed by atoms with E-state index in [1.165, 1.54) is 24.2 Å². The molecule has 1 amide bonds. The number of amides is 1. The number of aromatic nitrogens is 2. The van der Waals surface area contributed by atoms with Crippen LogP contribution in [0.4, 0.5) is 0 Å². The molecule has 0 atom stereocenters. The molecule has 0 aromatic carbocycles. The second-order valence-corrected chi connectivity index (χ2v) is 7.89. The van der Waals surface area contributed by atoms with Crippen LogP contribution in [0.5, 0.6) is 0 Å². The summed E-state index contributed by atoms with van der Waals surface area (Å²) in [7, 11) is -2.02. The lowest BCUT2D eigenvalue weighted by Crippen LogP contribution is -2.52. The third-order valence-electron chi connectivity index (χ3n) is 4.65. The molecule has 2 aliphatic rings. The first-order valence-corrected chi connectivity index (χ1v) is 9.48. The van der Waals surface area contributed by atoms with Gasteiger partial charge >= 0.3 is 0 Å². The maximum atomic E-state index is 12.5. The van der Waals surface area contributed by atoms with Crippen molar-refractivity contribution in [1.29, 1.82) is 0 Å². The highest BCUT2D eigenvalue weighted by Crippen LogP contribution is 2.28. The molecular formula is C14H23N5O3S. The molecule has 0 radical (unpaired) electrons. The van der Waals surface area contributed by atoms with Gasteiger partial charge in [0.05, 0.1) is 6.04 Å². The minimum Gasteiger partial charge on any atom is -0.335 e. The molecule has 2 fully saturated rings. The highest BCUT2D eigenvalue weighted by Gasteiger charge is 2.29. The van der Waals surface area contributed by atoms with E-state index < -0.39 is 10.2 Å². The molecule has 2 heterocycles. The molecule has 0 unspecified atom stereocenters. The normalized spacial score (nSPS) is 21.0. The first-order valence-electron chi connectivity index (χ1n) is 8.04. The minimum absolute atomic E-state index is 0.122. The Morgan fingerprint density at radius 3 is 2.48 bits per heavy atom. The van der Waals surface area contributed by atoms with Crippen LogP contribution in [0.1, 0.15) is 42.2 Å². The van der Waals surface area contributed by atoms with Crippen LogP contribution in [0.2, 0.25) is 0 Å². The molecule has 8 nitrogen and oxygen atoms in total. The van der Waals surface area contributed by atoms with Gasteiger partial charge in [0.2, 0.25) is 0 Å². The molecule has 1 saturated carbocycles. The summed E-state index contributed by atoms with van der Waals surface area (Å²) in [6, 6.07) is 2.17. The van der Waals surface area contributed by atoms with Gasteiger partial charge in [-0.15, -0.1) is 0 Å². The second kappa shape index (κ2) is 6.58. The predicted octanol–water partition coefficient (Wildman–Crippen LogP) is 0.220. The molecule has 1 aromatic heterocycles. The monoisotopic (exact) mass is 341 g/mol. The Balaban J connectivity index is 1.61. The zero-order chi connectivity index (χ0) is 16.4. The maximum Gasteiger partial charge on any atom is 0.279 e. The van der Waals surface area contributed by atoms with Crippen LogP contribution in [-0.4, -0.2) is 66.5 Å². The van der Waals surface area contributed by atoms with Gasteiger partial charge in [0, 0.05) is 39.4 Å². The van der Waals surface area contributed by atoms with Crippen molar-refractivity contribution in [2.75, 3.05) is 33.2 Å². The molecule has 1 aromatic rings. The highest BCUT2D eigenvalue weighted by atomic mass is 32.2. The van der Waals surface area contributed by atoms with Crippen molar-refractivity contribution in [2.24, 2.45) is 0 Å². The number of nitrogens with zero attached hydrogens (tertiary/aromatic N) is 4. The Kier molecular flexibility index (Phi) is 4.69. The van der Waals surface area contributed by atoms with E-state index in [4.69, 9.17) is 0 Å². The number of hydrogen-bond acceptors (Lipinski definition) is 4. The van der Waals surface area contributed by atoms with E-state index in [9.17, 15) is 13.2 Å². The highest BCUT2D eigenvalue weighted by molar-refractivity contribution is 7.87. The minimum atomic E-state index is -3.42. The third kappa shape index (κ3) is 3.41. The van der Waals surface area contributed by atoms with Gasteiger partial charge in [-0.3, -0.25) is 9.48 Å². The Hall–Kier alpha value is -1.45. The molecule has 1 aliphatic heterocycles. The van der Waals surface area contributed by atoms with E-state index in [0.29, 0.717) is 37.9 Å². The number of hydrogen-bond donors (Lipinski definition) is 1. The maximum absolute atomic E-state index is 12.5. The SMILES string of the molecule is CNS(=O)(=O)N1CCN(C(=O)c2ccn(C3CCCC3)n2)CC1. The van der Waals surface area contributed by atoms with E-state index >= 15 is 0 Å². The summed E-state index contributed by atoms with van der Waals surface area (Å²) >= 11 is 0. The largest absolute Gasteiger partial charge is 0.335 e. The molecule has 1 saturated heterocycles. The summed E-state index contributed by atoms with van der Waals surface area (Å²) in [5, 5.41) is 4.43. The molecule has 128 valence electrons. The van der Waals surface area contributed by atoms with Gasteiger partial charge in [0.1, 0.15) is 5.69 Å². The molecule has 3 rings (SSSR count). The molecule has 1 aliphatic carbocycles. The van der Waals surface area contributed by atoms with E-state index in [1.54, 1.807) is 11.0 Å². The van der Waals surface area contributed by atoms with Gasteiger partial charge in [-0.25, -0.2) is 4.72 Å². The standard InChI is InChI=1S/C14H23N5O3S/c1-15-23(21,22)18-10-8-17(9-11-18)14(20)13-6-7-19(16-13)12-4-2-3-5-12/h6-7,12,15H,2-5,8-11H2,1H3. The first kappa shape index (κ1) is 16.4. The van der Waals surface area contributed by atoms with E-state index in [-0.39, 0.29) is 5.91 Å². The lowest BCUT2D eigenvalue weighted by Gasteiger charge is -2.33. The van der Waals surface area contributed by atoms with Crippen LogP contribution in [0.25, 0.3) is 0 Å². The Morgan fingerprint density at radius 2 is 1.87 bits per heavy atom. The summed E-state index contributed by atoms with van der Waals surface area (Å²) in [6.07, 6.45) is 6.56. The fraction of sp³-hybridized carbons (Fsp3) is 0.714. The van der Waals surface area contributed by atoms with Gasteiger partial charge < -0.3 is 4.90 Å². The van der Waals surface area contributed by atoms with Crippen molar-refractivity contribution < 1.29 is 13.2 Å². The van der Waals surface area contributed by atoms with E-state index in [0.717, 1.165) is 12.8 Å². The number of carbonyl (C=O) groups is 1. The predicted molar refractivity (Wildman–Crippen MR) is 85.2 cm³/mol. The van der Waals surface area contributed by atoms with Gasteiger partial charge in [-0.05, 0) is 18.9 Å². The molecule has 0 bridgehead atoms. The zero-order valence-corrected chi connectivity index (χ0v) is 14.1. The van der Waals surface area contributed by atoms with Crippen LogP contribution in [0.15, 0.2) is 12.3 Å². The van der Waals surface area contributed by atoms with Gasteiger partial charge in [-0.1, -0.05) is 12.8 Å². The fourth-order valence-corrected chi connectivity index (χ4v) is 4.15. The Labute approximate surface area is 136 Å². The average Bonchev–Trinajstić information content (AvgIpc) is 3.25. The number of carbonyl (C=O) groups excluding carboxylic acids is 1. The lowest BCUT2D eigenvalue weighted by molar-refractivity contribution is 0.0690. The first-order chi connectivity index (χ1) is 11.0. The van der Waals surface area contributed by atoms with Crippen LogP contribution < -0.4 is 4.72 Å². The van der Waals surface area contributed by atoms with Crippen LogP contribution in [-0.2, 0) is 10.2 Å². The zero-order valence-electron chi connectivity index (χ0n) is 13.3. The molecule has 9 heteroatoms. The van der Waals surface area contributed by atoms with Crippen molar-refractivity contribution in [3.8, 4) is 0 Å².